The zero-order chi connectivity index (χ0) is 12.1. The Morgan fingerprint density at radius 1 is 0.846 bits per heavy atom. The number of rotatable bonds is 2. The summed E-state index contributed by atoms with van der Waals surface area (Å²) in [5.74, 6) is 0. The lowest BCUT2D eigenvalue weighted by Gasteiger charge is -1.85. The van der Waals surface area contributed by atoms with Crippen LogP contribution in [0.2, 0.25) is 0 Å². The van der Waals surface area contributed by atoms with Crippen molar-refractivity contribution in [2.75, 3.05) is 20.1 Å². The summed E-state index contributed by atoms with van der Waals surface area (Å²) < 4.78 is 0. The Hall–Kier alpha value is -1.12. The third-order valence-corrected chi connectivity index (χ3v) is 0.394. The first-order valence-corrected chi connectivity index (χ1v) is 3.76. The van der Waals surface area contributed by atoms with Gasteiger partial charge < -0.3 is 11.1 Å². The van der Waals surface area contributed by atoms with Gasteiger partial charge in [-0.15, -0.1) is 52.6 Å². The zero-order valence-corrected chi connectivity index (χ0v) is 9.15. The van der Waals surface area contributed by atoms with Gasteiger partial charge in [0.05, 0.1) is 0 Å². The number of nitrogens with two attached hydrogens (primary N) is 1. The maximum Gasteiger partial charge on any atom is 0.00714 e. The molecule has 0 aliphatic carbocycles. The maximum atomic E-state index is 5.08. The van der Waals surface area contributed by atoms with Crippen molar-refractivity contribution < 1.29 is 0 Å². The first kappa shape index (κ1) is 29.7. The molecule has 0 saturated heterocycles. The van der Waals surface area contributed by atoms with Crippen LogP contribution in [0.5, 0.6) is 0 Å². The molecule has 0 atom stereocenters. The number of hydrogen-bond acceptors (Lipinski definition) is 2. The second-order valence-corrected chi connectivity index (χ2v) is 0.892. The molecule has 0 spiro atoms. The summed E-state index contributed by atoms with van der Waals surface area (Å²) in [7, 11) is 1.88. The molecule has 3 N–H and O–H groups in total. The van der Waals surface area contributed by atoms with Gasteiger partial charge in [-0.3, -0.25) is 0 Å². The van der Waals surface area contributed by atoms with E-state index in [1.165, 1.54) is 0 Å². The normalized spacial score (nSPS) is 4.46. The van der Waals surface area contributed by atoms with Crippen LogP contribution in [-0.2, 0) is 0 Å². The van der Waals surface area contributed by atoms with Gasteiger partial charge in [0.2, 0.25) is 0 Å². The highest BCUT2D eigenvalue weighted by Gasteiger charge is 1.64. The van der Waals surface area contributed by atoms with Crippen molar-refractivity contribution in [3.63, 3.8) is 0 Å². The van der Waals surface area contributed by atoms with Crippen LogP contribution in [0.25, 0.3) is 0 Å². The summed E-state index contributed by atoms with van der Waals surface area (Å²) in [5.41, 5.74) is 5.08. The van der Waals surface area contributed by atoms with Crippen LogP contribution in [0, 0.1) is 0 Å². The smallest absolute Gasteiger partial charge is 0.00714 e. The number of nitrogens with one attached hydrogen (secondary N) is 1. The van der Waals surface area contributed by atoms with Gasteiger partial charge in [-0.05, 0) is 7.05 Å². The van der Waals surface area contributed by atoms with Crippen LogP contribution in [0.4, 0.5) is 0 Å². The van der Waals surface area contributed by atoms with Gasteiger partial charge in [0.15, 0.2) is 0 Å². The van der Waals surface area contributed by atoms with Crippen molar-refractivity contribution in [2.45, 2.75) is 0 Å². The Bertz CT molecular complexity index is 37.4. The van der Waals surface area contributed by atoms with Crippen molar-refractivity contribution in [3.05, 3.63) is 52.6 Å². The van der Waals surface area contributed by atoms with Crippen molar-refractivity contribution in [1.29, 1.82) is 0 Å². The molecule has 2 heteroatoms. The first-order chi connectivity index (χ1) is 6.41. The Labute approximate surface area is 84.5 Å². The molecule has 80 valence electrons. The minimum Gasteiger partial charge on any atom is -0.329 e. The molecule has 0 bridgehead atoms. The van der Waals surface area contributed by atoms with Gasteiger partial charge in [0.1, 0.15) is 0 Å². The van der Waals surface area contributed by atoms with E-state index < -0.39 is 0 Å². The minimum absolute atomic E-state index is 0.733. The van der Waals surface area contributed by atoms with Crippen LogP contribution in [0.3, 0.4) is 0 Å². The van der Waals surface area contributed by atoms with E-state index in [1.54, 1.807) is 0 Å². The summed E-state index contributed by atoms with van der Waals surface area (Å²) in [6, 6.07) is 0. The first-order valence-electron chi connectivity index (χ1n) is 3.76. The van der Waals surface area contributed by atoms with Gasteiger partial charge in [-0.1, -0.05) is 0 Å². The fourth-order valence-corrected chi connectivity index (χ4v) is 0.144. The molecule has 0 radical (unpaired) electrons. The predicted molar refractivity (Wildman–Crippen MR) is 68.0 cm³/mol. The van der Waals surface area contributed by atoms with Crippen LogP contribution >= 0.6 is 0 Å². The molecule has 2 nitrogen and oxygen atoms in total. The predicted octanol–water partition coefficient (Wildman–Crippen LogP) is 2.37. The van der Waals surface area contributed by atoms with E-state index in [0.29, 0.717) is 0 Å². The molecular formula is C11H26N2. The van der Waals surface area contributed by atoms with E-state index >= 15 is 0 Å². The SMILES string of the molecule is C=C.C=C.C=C.C=C.CNCCN. The highest BCUT2D eigenvalue weighted by atomic mass is 14.8. The monoisotopic (exact) mass is 186 g/mol. The summed E-state index contributed by atoms with van der Waals surface area (Å²) in [4.78, 5) is 0. The molecule has 0 amide bonds. The quantitative estimate of drug-likeness (QED) is 0.650. The molecule has 13 heavy (non-hydrogen) atoms. The Morgan fingerprint density at radius 3 is 1.08 bits per heavy atom. The standard InChI is InChI=1S/C3H10N2.4C2H4/c1-5-3-2-4;4*1-2/h5H,2-4H2,1H3;4*1-2H2. The molecule has 0 fully saturated rings. The fourth-order valence-electron chi connectivity index (χ4n) is 0.144. The third-order valence-electron chi connectivity index (χ3n) is 0.394. The van der Waals surface area contributed by atoms with Crippen molar-refractivity contribution in [1.82, 2.24) is 5.32 Å². The van der Waals surface area contributed by atoms with E-state index in [0.717, 1.165) is 13.1 Å². The molecular weight excluding hydrogens is 160 g/mol. The van der Waals surface area contributed by atoms with Gasteiger partial charge >= 0.3 is 0 Å². The van der Waals surface area contributed by atoms with Crippen LogP contribution in [-0.4, -0.2) is 20.1 Å². The lowest BCUT2D eigenvalue weighted by atomic mass is 10.7. The second-order valence-electron chi connectivity index (χ2n) is 0.892. The average molecular weight is 186 g/mol. The van der Waals surface area contributed by atoms with Crippen molar-refractivity contribution in [3.8, 4) is 0 Å². The molecule has 0 rings (SSSR count). The summed E-state index contributed by atoms with van der Waals surface area (Å²) in [6.45, 7) is 25.6. The lowest BCUT2D eigenvalue weighted by molar-refractivity contribution is 0.802. The molecule has 0 aromatic carbocycles. The van der Waals surface area contributed by atoms with E-state index in [1.807, 2.05) is 7.05 Å². The topological polar surface area (TPSA) is 38.0 Å². The summed E-state index contributed by atoms with van der Waals surface area (Å²) in [5, 5.41) is 2.89. The zero-order valence-electron chi connectivity index (χ0n) is 9.15. The number of hydrogen-bond donors (Lipinski definition) is 2. The fraction of sp³-hybridized carbons (Fsp3) is 0.273. The van der Waals surface area contributed by atoms with Gasteiger partial charge in [-0.25, -0.2) is 0 Å². The molecule has 0 aliphatic heterocycles. The Morgan fingerprint density at radius 2 is 1.08 bits per heavy atom. The molecule has 0 aromatic heterocycles. The largest absolute Gasteiger partial charge is 0.329 e. The summed E-state index contributed by atoms with van der Waals surface area (Å²) >= 11 is 0. The maximum absolute atomic E-state index is 5.08. The third kappa shape index (κ3) is 1110. The highest BCUT2D eigenvalue weighted by molar-refractivity contribution is 4.33. The second kappa shape index (κ2) is 300. The van der Waals surface area contributed by atoms with E-state index in [-0.39, 0.29) is 0 Å². The van der Waals surface area contributed by atoms with Crippen molar-refractivity contribution in [2.24, 2.45) is 5.73 Å². The Kier molecular flexibility index (Phi) is 687. The lowest BCUT2D eigenvalue weighted by Crippen LogP contribution is -2.17. The van der Waals surface area contributed by atoms with Gasteiger partial charge in [0.25, 0.3) is 0 Å². The average Bonchev–Trinajstić information content (AvgIpc) is 2.30. The van der Waals surface area contributed by atoms with Crippen LogP contribution in [0.15, 0.2) is 52.6 Å². The molecule has 0 unspecified atom stereocenters. The molecule has 0 aliphatic rings. The van der Waals surface area contributed by atoms with Crippen LogP contribution < -0.4 is 11.1 Å². The Balaban J connectivity index is -0.0000000230. The summed E-state index contributed by atoms with van der Waals surface area (Å²) in [6.07, 6.45) is 0. The van der Waals surface area contributed by atoms with Crippen molar-refractivity contribution >= 4 is 0 Å². The van der Waals surface area contributed by atoms with E-state index in [4.69, 9.17) is 5.73 Å². The van der Waals surface area contributed by atoms with Gasteiger partial charge in [-0.2, -0.15) is 0 Å². The van der Waals surface area contributed by atoms with Gasteiger partial charge in [0, 0.05) is 13.1 Å². The molecule has 0 saturated carbocycles. The van der Waals surface area contributed by atoms with Crippen LogP contribution in [0.1, 0.15) is 0 Å². The minimum atomic E-state index is 0.733. The molecule has 0 aromatic rings. The van der Waals surface area contributed by atoms with E-state index in [9.17, 15) is 0 Å². The number of likely N-dealkylation sites (N-methyl/N-ethyl adjacent to an activating group) is 1. The highest BCUT2D eigenvalue weighted by Crippen LogP contribution is 1.37. The molecule has 0 heterocycles. The van der Waals surface area contributed by atoms with E-state index in [2.05, 4.69) is 57.9 Å².